The van der Waals surface area contributed by atoms with Gasteiger partial charge in [-0.25, -0.2) is 0 Å². The maximum Gasteiger partial charge on any atom is 0.418 e. The molecule has 4 rings (SSSR count). The summed E-state index contributed by atoms with van der Waals surface area (Å²) in [6.45, 7) is -0.797. The molecule has 12 heteroatoms. The van der Waals surface area contributed by atoms with Crippen LogP contribution in [0.1, 0.15) is 17.5 Å². The van der Waals surface area contributed by atoms with Crippen molar-refractivity contribution in [3.05, 3.63) is 70.6 Å². The Bertz CT molecular complexity index is 1260. The number of likely N-dealkylation sites (tertiary alicyclic amines) is 1. The molecule has 35 heavy (non-hydrogen) atoms. The normalized spacial score (nSPS) is 19.7. The van der Waals surface area contributed by atoms with Crippen molar-refractivity contribution in [3.63, 3.8) is 0 Å². The van der Waals surface area contributed by atoms with Gasteiger partial charge in [0.1, 0.15) is 16.9 Å². The lowest BCUT2D eigenvalue weighted by atomic mass is 10.1. The molecular formula is C23H16F3N3O4S2. The number of benzene rings is 2. The standard InChI is InChI=1S/C23H16F3N3O4S2/c24-23(25,26)14-8-4-5-9-15(14)27-18(30)12-28-19(31)11-16(20(28)32)29-21(33)17(35-22(29)34)10-13-6-2-1-3-7-13/h1-10,16H,11-12H2,(H,27,30)/b17-10-/t16-/m1/s1. The lowest BCUT2D eigenvalue weighted by Crippen LogP contribution is -2.45. The van der Waals surface area contributed by atoms with E-state index in [2.05, 4.69) is 5.32 Å². The number of carbonyl (C=O) groups excluding carboxylic acids is 4. The molecular weight excluding hydrogens is 503 g/mol. The van der Waals surface area contributed by atoms with Crippen LogP contribution in [0.25, 0.3) is 6.08 Å². The highest BCUT2D eigenvalue weighted by atomic mass is 32.2. The minimum Gasteiger partial charge on any atom is -0.324 e. The average molecular weight is 520 g/mol. The number of rotatable bonds is 5. The van der Waals surface area contributed by atoms with E-state index in [0.717, 1.165) is 34.4 Å². The average Bonchev–Trinajstić information content (AvgIpc) is 3.22. The van der Waals surface area contributed by atoms with Gasteiger partial charge in [-0.3, -0.25) is 29.0 Å². The van der Waals surface area contributed by atoms with Crippen molar-refractivity contribution in [2.75, 3.05) is 11.9 Å². The van der Waals surface area contributed by atoms with E-state index in [1.165, 1.54) is 12.1 Å². The Morgan fingerprint density at radius 2 is 1.74 bits per heavy atom. The fourth-order valence-corrected chi connectivity index (χ4v) is 5.01. The highest BCUT2D eigenvalue weighted by Crippen LogP contribution is 2.37. The summed E-state index contributed by atoms with van der Waals surface area (Å²) in [6.07, 6.45) is -3.48. The number of hydrogen-bond acceptors (Lipinski definition) is 6. The van der Waals surface area contributed by atoms with Crippen LogP contribution in [-0.4, -0.2) is 50.3 Å². The second-order valence-corrected chi connectivity index (χ2v) is 9.27. The molecule has 1 N–H and O–H groups in total. The van der Waals surface area contributed by atoms with Gasteiger partial charge in [0.2, 0.25) is 11.8 Å². The first-order chi connectivity index (χ1) is 16.6. The molecule has 0 unspecified atom stereocenters. The third kappa shape index (κ3) is 5.13. The van der Waals surface area contributed by atoms with E-state index >= 15 is 0 Å². The van der Waals surface area contributed by atoms with Gasteiger partial charge in [-0.2, -0.15) is 13.2 Å². The number of halogens is 3. The Morgan fingerprint density at radius 1 is 1.09 bits per heavy atom. The summed E-state index contributed by atoms with van der Waals surface area (Å²) in [4.78, 5) is 52.7. The van der Waals surface area contributed by atoms with E-state index in [0.29, 0.717) is 4.90 Å². The molecule has 0 aliphatic carbocycles. The highest BCUT2D eigenvalue weighted by molar-refractivity contribution is 8.26. The Labute approximate surface area is 206 Å². The molecule has 2 aliphatic rings. The number of nitrogens with zero attached hydrogens (tertiary/aromatic N) is 2. The van der Waals surface area contributed by atoms with Crippen molar-refractivity contribution >= 4 is 63.7 Å². The van der Waals surface area contributed by atoms with E-state index in [4.69, 9.17) is 12.2 Å². The predicted molar refractivity (Wildman–Crippen MR) is 127 cm³/mol. The van der Waals surface area contributed by atoms with E-state index in [9.17, 15) is 32.3 Å². The Kier molecular flexibility index (Phi) is 6.77. The highest BCUT2D eigenvalue weighted by Gasteiger charge is 2.48. The molecule has 2 aromatic rings. The molecule has 1 atom stereocenters. The molecule has 2 aromatic carbocycles. The number of imide groups is 1. The molecule has 4 amide bonds. The van der Waals surface area contributed by atoms with Crippen LogP contribution in [0.4, 0.5) is 18.9 Å². The molecule has 2 fully saturated rings. The molecule has 2 heterocycles. The summed E-state index contributed by atoms with van der Waals surface area (Å²) in [5, 5.41) is 2.10. The van der Waals surface area contributed by atoms with Gasteiger partial charge < -0.3 is 5.32 Å². The summed E-state index contributed by atoms with van der Waals surface area (Å²) >= 11 is 6.25. The topological polar surface area (TPSA) is 86.8 Å². The number of para-hydroxylation sites is 1. The zero-order chi connectivity index (χ0) is 25.3. The van der Waals surface area contributed by atoms with Gasteiger partial charge in [0.05, 0.1) is 22.6 Å². The number of hydrogen-bond donors (Lipinski definition) is 1. The van der Waals surface area contributed by atoms with E-state index in [-0.39, 0.29) is 9.23 Å². The second kappa shape index (κ2) is 9.62. The lowest BCUT2D eigenvalue weighted by molar-refractivity contribution is -0.143. The van der Waals surface area contributed by atoms with Crippen molar-refractivity contribution < 1.29 is 32.3 Å². The lowest BCUT2D eigenvalue weighted by Gasteiger charge is -2.21. The number of alkyl halides is 3. The molecule has 2 saturated heterocycles. The van der Waals surface area contributed by atoms with Crippen molar-refractivity contribution in [2.24, 2.45) is 0 Å². The molecule has 0 radical (unpaired) electrons. The van der Waals surface area contributed by atoms with Gasteiger partial charge >= 0.3 is 6.18 Å². The summed E-state index contributed by atoms with van der Waals surface area (Å²) < 4.78 is 39.6. The molecule has 7 nitrogen and oxygen atoms in total. The van der Waals surface area contributed by atoms with Gasteiger partial charge in [0.25, 0.3) is 11.8 Å². The summed E-state index contributed by atoms with van der Waals surface area (Å²) in [7, 11) is 0. The first-order valence-electron chi connectivity index (χ1n) is 10.2. The minimum atomic E-state index is -4.71. The number of anilines is 1. The molecule has 0 bridgehead atoms. The maximum absolute atomic E-state index is 13.2. The van der Waals surface area contributed by atoms with Crippen molar-refractivity contribution in [1.82, 2.24) is 9.80 Å². The second-order valence-electron chi connectivity index (χ2n) is 7.59. The van der Waals surface area contributed by atoms with E-state index in [1.807, 2.05) is 6.07 Å². The summed E-state index contributed by atoms with van der Waals surface area (Å²) in [5.41, 5.74) is -0.809. The number of thioether (sulfide) groups is 1. The fourth-order valence-electron chi connectivity index (χ4n) is 3.66. The largest absolute Gasteiger partial charge is 0.418 e. The van der Waals surface area contributed by atoms with Crippen LogP contribution in [-0.2, 0) is 25.4 Å². The van der Waals surface area contributed by atoms with Crippen molar-refractivity contribution in [2.45, 2.75) is 18.6 Å². The van der Waals surface area contributed by atoms with Crippen LogP contribution in [0.5, 0.6) is 0 Å². The molecule has 2 aliphatic heterocycles. The molecule has 0 saturated carbocycles. The predicted octanol–water partition coefficient (Wildman–Crippen LogP) is 3.67. The van der Waals surface area contributed by atoms with Gasteiger partial charge in [-0.1, -0.05) is 66.4 Å². The van der Waals surface area contributed by atoms with Crippen LogP contribution in [0, 0.1) is 0 Å². The van der Waals surface area contributed by atoms with E-state index < -0.39 is 60.1 Å². The third-order valence-corrected chi connectivity index (χ3v) is 6.59. The smallest absolute Gasteiger partial charge is 0.324 e. The van der Waals surface area contributed by atoms with Gasteiger partial charge in [0, 0.05) is 0 Å². The fraction of sp³-hybridized carbons (Fsp3) is 0.174. The SMILES string of the molecule is O=C(CN1C(=O)C[C@@H](N2C(=O)/C(=C/c3ccccc3)SC2=S)C1=O)Nc1ccccc1C(F)(F)F. The Morgan fingerprint density at radius 3 is 2.43 bits per heavy atom. The molecule has 0 spiro atoms. The number of carbonyl (C=O) groups is 4. The Hall–Kier alpha value is -3.51. The summed E-state index contributed by atoms with van der Waals surface area (Å²) in [6, 6.07) is 12.1. The monoisotopic (exact) mass is 519 g/mol. The molecule has 180 valence electrons. The van der Waals surface area contributed by atoms with Crippen molar-refractivity contribution in [3.8, 4) is 0 Å². The Balaban J connectivity index is 1.47. The maximum atomic E-state index is 13.2. The quantitative estimate of drug-likeness (QED) is 0.369. The number of amides is 4. The van der Waals surface area contributed by atoms with Gasteiger partial charge in [-0.05, 0) is 23.8 Å². The van der Waals surface area contributed by atoms with Crippen LogP contribution in [0.15, 0.2) is 59.5 Å². The van der Waals surface area contributed by atoms with Gasteiger partial charge in [-0.15, -0.1) is 0 Å². The minimum absolute atomic E-state index is 0.0914. The third-order valence-electron chi connectivity index (χ3n) is 5.26. The molecule has 0 aromatic heterocycles. The van der Waals surface area contributed by atoms with Crippen LogP contribution >= 0.6 is 24.0 Å². The van der Waals surface area contributed by atoms with E-state index in [1.54, 1.807) is 30.3 Å². The summed E-state index contributed by atoms with van der Waals surface area (Å²) in [5.74, 6) is -3.09. The van der Waals surface area contributed by atoms with Crippen LogP contribution < -0.4 is 5.32 Å². The zero-order valence-electron chi connectivity index (χ0n) is 17.7. The van der Waals surface area contributed by atoms with Crippen LogP contribution in [0.2, 0.25) is 0 Å². The van der Waals surface area contributed by atoms with Crippen molar-refractivity contribution in [1.29, 1.82) is 0 Å². The number of thiocarbonyl (C=S) groups is 1. The zero-order valence-corrected chi connectivity index (χ0v) is 19.4. The first-order valence-corrected chi connectivity index (χ1v) is 11.4. The first kappa shape index (κ1) is 24.6. The number of nitrogens with one attached hydrogen (secondary N) is 1. The van der Waals surface area contributed by atoms with Gasteiger partial charge in [0.15, 0.2) is 0 Å². The van der Waals surface area contributed by atoms with Crippen LogP contribution in [0.3, 0.4) is 0 Å².